The summed E-state index contributed by atoms with van der Waals surface area (Å²) in [5, 5.41) is 6.46. The van der Waals surface area contributed by atoms with Crippen molar-refractivity contribution < 1.29 is 9.53 Å². The molecular formula is C14H18N4O2. The minimum Gasteiger partial charge on any atom is -0.483 e. The molecule has 1 amide bonds. The number of benzene rings is 1. The molecule has 0 spiro atoms. The molecular weight excluding hydrogens is 256 g/mol. The molecule has 0 radical (unpaired) electrons. The largest absolute Gasteiger partial charge is 0.483 e. The fourth-order valence-corrected chi connectivity index (χ4v) is 1.75. The number of rotatable bonds is 5. The molecule has 0 atom stereocenters. The molecule has 0 saturated heterocycles. The lowest BCUT2D eigenvalue weighted by Crippen LogP contribution is -2.31. The van der Waals surface area contributed by atoms with Gasteiger partial charge in [0.2, 0.25) is 0 Å². The van der Waals surface area contributed by atoms with Crippen LogP contribution in [-0.4, -0.2) is 39.6 Å². The third-order valence-corrected chi connectivity index (χ3v) is 3.18. The van der Waals surface area contributed by atoms with E-state index in [4.69, 9.17) is 4.74 Å². The topological polar surface area (TPSA) is 71.1 Å². The van der Waals surface area contributed by atoms with Gasteiger partial charge in [0.1, 0.15) is 17.9 Å². The van der Waals surface area contributed by atoms with Gasteiger partial charge in [0, 0.05) is 7.05 Å². The second-order valence-electron chi connectivity index (χ2n) is 4.67. The molecule has 0 aliphatic carbocycles. The van der Waals surface area contributed by atoms with E-state index in [1.807, 2.05) is 32.0 Å². The number of nitrogens with one attached hydrogen (secondary N) is 1. The fraction of sp³-hybridized carbons (Fsp3) is 0.357. The van der Waals surface area contributed by atoms with Gasteiger partial charge in [-0.25, -0.2) is 4.98 Å². The predicted molar refractivity (Wildman–Crippen MR) is 74.3 cm³/mol. The molecule has 0 unspecified atom stereocenters. The van der Waals surface area contributed by atoms with E-state index < -0.39 is 0 Å². The third-order valence-electron chi connectivity index (χ3n) is 3.18. The van der Waals surface area contributed by atoms with Crippen molar-refractivity contribution in [2.45, 2.75) is 20.4 Å². The minimum atomic E-state index is -0.109. The highest BCUT2D eigenvalue weighted by Gasteiger charge is 2.12. The van der Waals surface area contributed by atoms with Crippen molar-refractivity contribution in [3.8, 4) is 5.75 Å². The summed E-state index contributed by atoms with van der Waals surface area (Å²) in [5.41, 5.74) is 2.20. The fourth-order valence-electron chi connectivity index (χ4n) is 1.75. The van der Waals surface area contributed by atoms with Crippen molar-refractivity contribution >= 4 is 5.91 Å². The third kappa shape index (κ3) is 3.34. The number of hydrogen-bond acceptors (Lipinski definition) is 4. The van der Waals surface area contributed by atoms with Gasteiger partial charge < -0.3 is 9.64 Å². The van der Waals surface area contributed by atoms with Crippen LogP contribution in [-0.2, 0) is 11.3 Å². The van der Waals surface area contributed by atoms with Crippen LogP contribution in [0.4, 0.5) is 0 Å². The SMILES string of the molecule is Cc1cccc(OCC(=O)N(C)Cc2ncn[nH]2)c1C. The first-order chi connectivity index (χ1) is 9.58. The minimum absolute atomic E-state index is 0.00886. The van der Waals surface area contributed by atoms with E-state index in [0.29, 0.717) is 12.4 Å². The van der Waals surface area contributed by atoms with Gasteiger partial charge >= 0.3 is 0 Å². The van der Waals surface area contributed by atoms with Gasteiger partial charge in [-0.15, -0.1) is 0 Å². The average molecular weight is 274 g/mol. The van der Waals surface area contributed by atoms with E-state index in [0.717, 1.165) is 16.9 Å². The number of aromatic amines is 1. The number of carbonyl (C=O) groups excluding carboxylic acids is 1. The molecule has 20 heavy (non-hydrogen) atoms. The predicted octanol–water partition coefficient (Wildman–Crippen LogP) is 1.46. The Morgan fingerprint density at radius 2 is 2.20 bits per heavy atom. The maximum Gasteiger partial charge on any atom is 0.260 e. The first-order valence-electron chi connectivity index (χ1n) is 6.35. The van der Waals surface area contributed by atoms with Gasteiger partial charge in [-0.1, -0.05) is 12.1 Å². The standard InChI is InChI=1S/C14H18N4O2/c1-10-5-4-6-12(11(10)2)20-8-14(19)18(3)7-13-15-9-16-17-13/h4-6,9H,7-8H2,1-3H3,(H,15,16,17). The molecule has 2 rings (SSSR count). The lowest BCUT2D eigenvalue weighted by Gasteiger charge is -2.17. The molecule has 1 heterocycles. The smallest absolute Gasteiger partial charge is 0.260 e. The molecule has 1 N–H and O–H groups in total. The molecule has 1 aromatic carbocycles. The van der Waals surface area contributed by atoms with Crippen LogP contribution in [0.3, 0.4) is 0 Å². The van der Waals surface area contributed by atoms with Crippen LogP contribution in [0.15, 0.2) is 24.5 Å². The van der Waals surface area contributed by atoms with E-state index >= 15 is 0 Å². The Morgan fingerprint density at radius 3 is 2.90 bits per heavy atom. The van der Waals surface area contributed by atoms with Crippen LogP contribution in [0.2, 0.25) is 0 Å². The van der Waals surface area contributed by atoms with Crippen molar-refractivity contribution in [3.63, 3.8) is 0 Å². The molecule has 106 valence electrons. The summed E-state index contributed by atoms with van der Waals surface area (Å²) in [6.07, 6.45) is 1.42. The van der Waals surface area contributed by atoms with Crippen molar-refractivity contribution in [3.05, 3.63) is 41.5 Å². The monoisotopic (exact) mass is 274 g/mol. The quantitative estimate of drug-likeness (QED) is 0.896. The number of hydrogen-bond donors (Lipinski definition) is 1. The highest BCUT2D eigenvalue weighted by molar-refractivity contribution is 5.77. The number of amides is 1. The zero-order valence-electron chi connectivity index (χ0n) is 11.9. The van der Waals surface area contributed by atoms with Crippen LogP contribution < -0.4 is 4.74 Å². The molecule has 2 aromatic rings. The Kier molecular flexibility index (Phi) is 4.34. The molecule has 0 saturated carbocycles. The Labute approximate surface area is 117 Å². The summed E-state index contributed by atoms with van der Waals surface area (Å²) in [4.78, 5) is 17.5. The lowest BCUT2D eigenvalue weighted by molar-refractivity contribution is -0.132. The Bertz CT molecular complexity index is 581. The number of aryl methyl sites for hydroxylation is 1. The van der Waals surface area contributed by atoms with E-state index in [1.54, 1.807) is 11.9 Å². The highest BCUT2D eigenvalue weighted by Crippen LogP contribution is 2.20. The van der Waals surface area contributed by atoms with E-state index in [9.17, 15) is 4.79 Å². The first-order valence-corrected chi connectivity index (χ1v) is 6.35. The lowest BCUT2D eigenvalue weighted by atomic mass is 10.1. The number of carbonyl (C=O) groups is 1. The van der Waals surface area contributed by atoms with Crippen LogP contribution in [0.25, 0.3) is 0 Å². The van der Waals surface area contributed by atoms with Gasteiger partial charge in [-0.05, 0) is 31.0 Å². The summed E-state index contributed by atoms with van der Waals surface area (Å²) in [6.45, 7) is 4.39. The summed E-state index contributed by atoms with van der Waals surface area (Å²) < 4.78 is 5.58. The normalized spacial score (nSPS) is 10.3. The zero-order chi connectivity index (χ0) is 14.5. The van der Waals surface area contributed by atoms with E-state index in [-0.39, 0.29) is 12.5 Å². The summed E-state index contributed by atoms with van der Waals surface area (Å²) in [5.74, 6) is 1.28. The average Bonchev–Trinajstić information content (AvgIpc) is 2.93. The number of nitrogens with zero attached hydrogens (tertiary/aromatic N) is 3. The summed E-state index contributed by atoms with van der Waals surface area (Å²) in [7, 11) is 1.71. The molecule has 0 fully saturated rings. The number of ether oxygens (including phenoxy) is 1. The van der Waals surface area contributed by atoms with Crippen molar-refractivity contribution in [1.82, 2.24) is 20.1 Å². The van der Waals surface area contributed by atoms with Crippen molar-refractivity contribution in [2.24, 2.45) is 0 Å². The maximum absolute atomic E-state index is 12.0. The zero-order valence-corrected chi connectivity index (χ0v) is 11.9. The van der Waals surface area contributed by atoms with Crippen molar-refractivity contribution in [1.29, 1.82) is 0 Å². The molecule has 6 nitrogen and oxygen atoms in total. The van der Waals surface area contributed by atoms with Crippen LogP contribution in [0.5, 0.6) is 5.75 Å². The van der Waals surface area contributed by atoms with Gasteiger partial charge in [-0.3, -0.25) is 9.89 Å². The van der Waals surface area contributed by atoms with Gasteiger partial charge in [-0.2, -0.15) is 5.10 Å². The van der Waals surface area contributed by atoms with Gasteiger partial charge in [0.25, 0.3) is 5.91 Å². The van der Waals surface area contributed by atoms with Crippen LogP contribution in [0, 0.1) is 13.8 Å². The van der Waals surface area contributed by atoms with Gasteiger partial charge in [0.15, 0.2) is 6.61 Å². The van der Waals surface area contributed by atoms with Crippen LogP contribution in [0.1, 0.15) is 17.0 Å². The van der Waals surface area contributed by atoms with E-state index in [1.165, 1.54) is 6.33 Å². The van der Waals surface area contributed by atoms with E-state index in [2.05, 4.69) is 15.2 Å². The summed E-state index contributed by atoms with van der Waals surface area (Å²) in [6, 6.07) is 5.80. The number of likely N-dealkylation sites (N-methyl/N-ethyl adjacent to an activating group) is 1. The Hall–Kier alpha value is -2.37. The second-order valence-corrected chi connectivity index (χ2v) is 4.67. The summed E-state index contributed by atoms with van der Waals surface area (Å²) >= 11 is 0. The Balaban J connectivity index is 1.90. The molecule has 0 aliphatic heterocycles. The molecule has 0 bridgehead atoms. The Morgan fingerprint density at radius 1 is 1.40 bits per heavy atom. The molecule has 0 aliphatic rings. The van der Waals surface area contributed by atoms with Gasteiger partial charge in [0.05, 0.1) is 6.54 Å². The highest BCUT2D eigenvalue weighted by atomic mass is 16.5. The molecule has 6 heteroatoms. The van der Waals surface area contributed by atoms with Crippen LogP contribution >= 0.6 is 0 Å². The maximum atomic E-state index is 12.0. The number of H-pyrrole nitrogens is 1. The molecule has 1 aromatic heterocycles. The van der Waals surface area contributed by atoms with Crippen molar-refractivity contribution in [2.75, 3.05) is 13.7 Å². The second kappa shape index (κ2) is 6.18. The number of aromatic nitrogens is 3. The first kappa shape index (κ1) is 14.0.